The van der Waals surface area contributed by atoms with Gasteiger partial charge in [0.05, 0.1) is 0 Å². The SMILES string of the molecule is Nc1ccc(O)cc1.Oc1ccc2ccc(O)cc2c1. The zero-order valence-corrected chi connectivity index (χ0v) is 10.7. The van der Waals surface area contributed by atoms with Gasteiger partial charge >= 0.3 is 0 Å². The van der Waals surface area contributed by atoms with Crippen molar-refractivity contribution in [2.24, 2.45) is 0 Å². The molecule has 0 aliphatic carbocycles. The Morgan fingerprint density at radius 3 is 1.45 bits per heavy atom. The Morgan fingerprint density at radius 1 is 0.550 bits per heavy atom. The van der Waals surface area contributed by atoms with Gasteiger partial charge in [-0.15, -0.1) is 0 Å². The lowest BCUT2D eigenvalue weighted by Crippen LogP contribution is -1.80. The van der Waals surface area contributed by atoms with Gasteiger partial charge in [0.1, 0.15) is 17.2 Å². The summed E-state index contributed by atoms with van der Waals surface area (Å²) in [6.07, 6.45) is 0. The number of nitrogen functional groups attached to an aromatic ring is 1. The van der Waals surface area contributed by atoms with Gasteiger partial charge in [-0.25, -0.2) is 0 Å². The number of rotatable bonds is 0. The minimum absolute atomic E-state index is 0.216. The van der Waals surface area contributed by atoms with E-state index in [4.69, 9.17) is 21.1 Å². The highest BCUT2D eigenvalue weighted by Gasteiger charge is 1.95. The Hall–Kier alpha value is -2.88. The molecule has 0 fully saturated rings. The second-order valence-corrected chi connectivity index (χ2v) is 4.31. The molecule has 20 heavy (non-hydrogen) atoms. The summed E-state index contributed by atoms with van der Waals surface area (Å²) in [6.45, 7) is 0. The van der Waals surface area contributed by atoms with Crippen molar-refractivity contribution in [3.8, 4) is 17.2 Å². The van der Waals surface area contributed by atoms with Gasteiger partial charge in [-0.05, 0) is 59.3 Å². The zero-order chi connectivity index (χ0) is 14.5. The molecule has 5 N–H and O–H groups in total. The van der Waals surface area contributed by atoms with Gasteiger partial charge < -0.3 is 21.1 Å². The van der Waals surface area contributed by atoms with Crippen LogP contribution in [0, 0.1) is 0 Å². The molecule has 0 saturated carbocycles. The maximum absolute atomic E-state index is 9.14. The van der Waals surface area contributed by atoms with Gasteiger partial charge in [0.15, 0.2) is 0 Å². The molecule has 0 aliphatic heterocycles. The minimum atomic E-state index is 0.216. The van der Waals surface area contributed by atoms with Crippen LogP contribution in [0.15, 0.2) is 60.7 Å². The summed E-state index contributed by atoms with van der Waals surface area (Å²) < 4.78 is 0. The Bertz CT molecular complexity index is 651. The van der Waals surface area contributed by atoms with E-state index in [2.05, 4.69) is 0 Å². The zero-order valence-electron chi connectivity index (χ0n) is 10.7. The molecule has 0 radical (unpaired) electrons. The van der Waals surface area contributed by atoms with E-state index in [9.17, 15) is 0 Å². The average Bonchev–Trinajstić information content (AvgIpc) is 2.42. The molecule has 0 unspecified atom stereocenters. The number of hydrogen-bond donors (Lipinski definition) is 4. The topological polar surface area (TPSA) is 86.7 Å². The summed E-state index contributed by atoms with van der Waals surface area (Å²) in [5, 5.41) is 28.8. The maximum Gasteiger partial charge on any atom is 0.116 e. The van der Waals surface area contributed by atoms with E-state index in [-0.39, 0.29) is 17.2 Å². The van der Waals surface area contributed by atoms with Crippen molar-refractivity contribution in [3.63, 3.8) is 0 Å². The van der Waals surface area contributed by atoms with E-state index >= 15 is 0 Å². The van der Waals surface area contributed by atoms with Crippen molar-refractivity contribution in [2.75, 3.05) is 5.73 Å². The summed E-state index contributed by atoms with van der Waals surface area (Å²) in [5.74, 6) is 0.681. The first-order valence-electron chi connectivity index (χ1n) is 6.01. The van der Waals surface area contributed by atoms with Crippen LogP contribution in [0.5, 0.6) is 17.2 Å². The number of hydrogen-bond acceptors (Lipinski definition) is 4. The first-order valence-corrected chi connectivity index (χ1v) is 6.01. The van der Waals surface area contributed by atoms with Crippen molar-refractivity contribution in [2.45, 2.75) is 0 Å². The molecule has 0 saturated heterocycles. The Morgan fingerprint density at radius 2 is 1.00 bits per heavy atom. The standard InChI is InChI=1S/C10H8O2.C6H7NO/c11-9-3-1-7-2-4-10(12)6-8(7)5-9;7-5-1-3-6(8)4-2-5/h1-6,11-12H;1-4,8H,7H2. The normalized spacial score (nSPS) is 9.80. The first-order chi connectivity index (χ1) is 9.54. The summed E-state index contributed by atoms with van der Waals surface area (Å²) in [5.41, 5.74) is 5.98. The lowest BCUT2D eigenvalue weighted by Gasteiger charge is -1.98. The van der Waals surface area contributed by atoms with Gasteiger partial charge in [-0.3, -0.25) is 0 Å². The molecule has 0 heterocycles. The fourth-order valence-electron chi connectivity index (χ4n) is 1.70. The van der Waals surface area contributed by atoms with Gasteiger partial charge in [0, 0.05) is 5.69 Å². The van der Waals surface area contributed by atoms with E-state index in [0.717, 1.165) is 10.8 Å². The summed E-state index contributed by atoms with van der Waals surface area (Å²) in [7, 11) is 0. The highest BCUT2D eigenvalue weighted by molar-refractivity contribution is 5.85. The molecule has 0 aliphatic rings. The smallest absolute Gasteiger partial charge is 0.116 e. The number of phenols is 3. The van der Waals surface area contributed by atoms with Gasteiger partial charge in [-0.2, -0.15) is 0 Å². The minimum Gasteiger partial charge on any atom is -0.508 e. The van der Waals surface area contributed by atoms with E-state index in [1.54, 1.807) is 48.5 Å². The Balaban J connectivity index is 0.000000160. The maximum atomic E-state index is 9.14. The number of nitrogens with two attached hydrogens (primary N) is 1. The molecule has 102 valence electrons. The van der Waals surface area contributed by atoms with Crippen LogP contribution in [0.1, 0.15) is 0 Å². The van der Waals surface area contributed by atoms with Crippen LogP contribution in [0.2, 0.25) is 0 Å². The predicted octanol–water partition coefficient (Wildman–Crippen LogP) is 3.23. The second-order valence-electron chi connectivity index (χ2n) is 4.31. The first kappa shape index (κ1) is 13.5. The predicted molar refractivity (Wildman–Crippen MR) is 79.8 cm³/mol. The third-order valence-electron chi connectivity index (χ3n) is 2.70. The molecule has 0 spiro atoms. The molecular formula is C16H15NO3. The highest BCUT2D eigenvalue weighted by Crippen LogP contribution is 2.23. The molecule has 0 bridgehead atoms. The quantitative estimate of drug-likeness (QED) is 0.373. The van der Waals surface area contributed by atoms with Crippen molar-refractivity contribution in [1.29, 1.82) is 0 Å². The largest absolute Gasteiger partial charge is 0.508 e. The number of benzene rings is 3. The number of anilines is 1. The molecule has 4 nitrogen and oxygen atoms in total. The van der Waals surface area contributed by atoms with E-state index in [1.807, 2.05) is 12.1 Å². The molecule has 0 amide bonds. The highest BCUT2D eigenvalue weighted by atomic mass is 16.3. The lowest BCUT2D eigenvalue weighted by atomic mass is 10.1. The molecule has 0 aromatic heterocycles. The van der Waals surface area contributed by atoms with Gasteiger partial charge in [-0.1, -0.05) is 12.1 Å². The van der Waals surface area contributed by atoms with E-state index in [1.165, 1.54) is 0 Å². The fourth-order valence-corrected chi connectivity index (χ4v) is 1.70. The number of aromatic hydroxyl groups is 3. The second kappa shape index (κ2) is 5.84. The van der Waals surface area contributed by atoms with Gasteiger partial charge in [0.2, 0.25) is 0 Å². The Labute approximate surface area is 116 Å². The van der Waals surface area contributed by atoms with E-state index < -0.39 is 0 Å². The van der Waals surface area contributed by atoms with Crippen molar-refractivity contribution in [3.05, 3.63) is 60.7 Å². The molecule has 3 rings (SSSR count). The van der Waals surface area contributed by atoms with Crippen LogP contribution < -0.4 is 5.73 Å². The third kappa shape index (κ3) is 3.55. The molecule has 3 aromatic carbocycles. The average molecular weight is 269 g/mol. The summed E-state index contributed by atoms with van der Waals surface area (Å²) in [6, 6.07) is 16.5. The molecule has 4 heteroatoms. The van der Waals surface area contributed by atoms with Gasteiger partial charge in [0.25, 0.3) is 0 Å². The van der Waals surface area contributed by atoms with Crippen molar-refractivity contribution < 1.29 is 15.3 Å². The molecule has 0 atom stereocenters. The van der Waals surface area contributed by atoms with Crippen molar-refractivity contribution in [1.82, 2.24) is 0 Å². The van der Waals surface area contributed by atoms with Crippen LogP contribution in [-0.2, 0) is 0 Å². The van der Waals surface area contributed by atoms with Crippen LogP contribution in [0.3, 0.4) is 0 Å². The monoisotopic (exact) mass is 269 g/mol. The molecular weight excluding hydrogens is 254 g/mol. The van der Waals surface area contributed by atoms with Crippen LogP contribution in [-0.4, -0.2) is 15.3 Å². The Kier molecular flexibility index (Phi) is 3.96. The lowest BCUT2D eigenvalue weighted by molar-refractivity contribution is 0.474. The third-order valence-corrected chi connectivity index (χ3v) is 2.70. The number of fused-ring (bicyclic) bond motifs is 1. The number of phenolic OH excluding ortho intramolecular Hbond substituents is 3. The summed E-state index contributed by atoms with van der Waals surface area (Å²) in [4.78, 5) is 0. The van der Waals surface area contributed by atoms with Crippen LogP contribution >= 0.6 is 0 Å². The summed E-state index contributed by atoms with van der Waals surface area (Å²) >= 11 is 0. The molecule has 3 aromatic rings. The van der Waals surface area contributed by atoms with Crippen LogP contribution in [0.4, 0.5) is 5.69 Å². The fraction of sp³-hybridized carbons (Fsp3) is 0. The van der Waals surface area contributed by atoms with Crippen LogP contribution in [0.25, 0.3) is 10.8 Å². The van der Waals surface area contributed by atoms with E-state index in [0.29, 0.717) is 5.69 Å². The van der Waals surface area contributed by atoms with Crippen molar-refractivity contribution >= 4 is 16.5 Å².